The summed E-state index contributed by atoms with van der Waals surface area (Å²) in [6, 6.07) is 4.99. The van der Waals surface area contributed by atoms with E-state index < -0.39 is 17.6 Å². The highest BCUT2D eigenvalue weighted by atomic mass is 16.7. The molecule has 1 aliphatic heterocycles. The van der Waals surface area contributed by atoms with Gasteiger partial charge in [0.25, 0.3) is 0 Å². The molecule has 6 heteroatoms. The zero-order valence-corrected chi connectivity index (χ0v) is 11.1. The third kappa shape index (κ3) is 2.97. The molecule has 0 aliphatic carbocycles. The van der Waals surface area contributed by atoms with Crippen LogP contribution in [0.4, 0.5) is 4.79 Å². The van der Waals surface area contributed by atoms with Crippen molar-refractivity contribution in [1.29, 1.82) is 0 Å². The molecule has 0 radical (unpaired) electrons. The number of benzene rings is 1. The largest absolute Gasteiger partial charge is 0.465 e. The predicted octanol–water partition coefficient (Wildman–Crippen LogP) is 1.76. The molecule has 1 atom stereocenters. The summed E-state index contributed by atoms with van der Waals surface area (Å²) in [6.45, 7) is 5.34. The first-order chi connectivity index (χ1) is 8.70. The van der Waals surface area contributed by atoms with Crippen LogP contribution in [0.25, 0.3) is 0 Å². The zero-order valence-electron chi connectivity index (χ0n) is 11.1. The Balaban J connectivity index is 2.30. The second-order valence-electron chi connectivity index (χ2n) is 5.12. The summed E-state index contributed by atoms with van der Waals surface area (Å²) in [4.78, 5) is 10.6. The standard InChI is InChI=1S/C13H17NO5/c1-12(2)18-7-8-6-9(4-5-10(8)19-12)13(3,17)14-11(15)16/h4-6,14,17H,7H2,1-3H3,(H,15,16). The summed E-state index contributed by atoms with van der Waals surface area (Å²) in [5, 5.41) is 20.8. The Morgan fingerprint density at radius 3 is 2.79 bits per heavy atom. The highest BCUT2D eigenvalue weighted by molar-refractivity contribution is 5.65. The van der Waals surface area contributed by atoms with E-state index in [0.29, 0.717) is 17.9 Å². The smallest absolute Gasteiger partial charge is 0.407 e. The van der Waals surface area contributed by atoms with Gasteiger partial charge >= 0.3 is 6.09 Å². The molecular weight excluding hydrogens is 250 g/mol. The van der Waals surface area contributed by atoms with Crippen LogP contribution in [0.2, 0.25) is 0 Å². The Morgan fingerprint density at radius 1 is 1.47 bits per heavy atom. The molecule has 1 unspecified atom stereocenters. The highest BCUT2D eigenvalue weighted by Gasteiger charge is 2.30. The maximum atomic E-state index is 10.6. The van der Waals surface area contributed by atoms with Gasteiger partial charge in [0, 0.05) is 25.0 Å². The molecule has 1 heterocycles. The van der Waals surface area contributed by atoms with Gasteiger partial charge < -0.3 is 19.7 Å². The van der Waals surface area contributed by atoms with Gasteiger partial charge in [-0.25, -0.2) is 4.79 Å². The van der Waals surface area contributed by atoms with Gasteiger partial charge in [0.2, 0.25) is 5.79 Å². The van der Waals surface area contributed by atoms with Crippen molar-refractivity contribution in [3.8, 4) is 5.75 Å². The Hall–Kier alpha value is -1.79. The minimum atomic E-state index is -1.66. The Kier molecular flexibility index (Phi) is 3.15. The molecule has 3 N–H and O–H groups in total. The molecule has 1 aromatic carbocycles. The van der Waals surface area contributed by atoms with Crippen LogP contribution in [0.1, 0.15) is 31.9 Å². The molecule has 0 bridgehead atoms. The minimum Gasteiger partial charge on any atom is -0.465 e. The van der Waals surface area contributed by atoms with Gasteiger partial charge in [0.05, 0.1) is 6.61 Å². The topological polar surface area (TPSA) is 88.0 Å². The maximum Gasteiger partial charge on any atom is 0.407 e. The molecule has 0 saturated heterocycles. The number of amides is 1. The van der Waals surface area contributed by atoms with E-state index in [1.807, 2.05) is 19.2 Å². The van der Waals surface area contributed by atoms with E-state index in [4.69, 9.17) is 14.6 Å². The van der Waals surface area contributed by atoms with Gasteiger partial charge in [-0.1, -0.05) is 6.07 Å². The number of nitrogens with one attached hydrogen (secondary N) is 1. The average molecular weight is 267 g/mol. The molecule has 1 aromatic rings. The lowest BCUT2D eigenvalue weighted by molar-refractivity contribution is -0.180. The molecular formula is C13H17NO5. The maximum absolute atomic E-state index is 10.6. The number of rotatable bonds is 2. The van der Waals surface area contributed by atoms with Crippen LogP contribution in [0.15, 0.2) is 18.2 Å². The summed E-state index contributed by atoms with van der Waals surface area (Å²) in [6.07, 6.45) is -1.30. The van der Waals surface area contributed by atoms with Crippen LogP contribution >= 0.6 is 0 Å². The molecule has 19 heavy (non-hydrogen) atoms. The van der Waals surface area contributed by atoms with Crippen molar-refractivity contribution in [3.05, 3.63) is 29.3 Å². The molecule has 104 valence electrons. The molecule has 0 aromatic heterocycles. The lowest BCUT2D eigenvalue weighted by atomic mass is 10.0. The van der Waals surface area contributed by atoms with E-state index in [1.165, 1.54) is 6.92 Å². The number of ether oxygens (including phenoxy) is 2. The van der Waals surface area contributed by atoms with E-state index in [-0.39, 0.29) is 0 Å². The van der Waals surface area contributed by atoms with Crippen molar-refractivity contribution in [2.45, 2.75) is 38.9 Å². The van der Waals surface area contributed by atoms with Crippen LogP contribution in [0, 0.1) is 0 Å². The van der Waals surface area contributed by atoms with Crippen molar-refractivity contribution < 1.29 is 24.5 Å². The fourth-order valence-electron chi connectivity index (χ4n) is 1.92. The highest BCUT2D eigenvalue weighted by Crippen LogP contribution is 2.33. The quantitative estimate of drug-likeness (QED) is 0.711. The summed E-state index contributed by atoms with van der Waals surface area (Å²) in [5.41, 5.74) is -0.460. The molecule has 2 rings (SSSR count). The van der Waals surface area contributed by atoms with Crippen molar-refractivity contribution in [2.75, 3.05) is 0 Å². The number of hydrogen-bond acceptors (Lipinski definition) is 4. The van der Waals surface area contributed by atoms with Gasteiger partial charge in [-0.3, -0.25) is 5.32 Å². The van der Waals surface area contributed by atoms with Gasteiger partial charge in [-0.05, 0) is 19.1 Å². The van der Waals surface area contributed by atoms with E-state index >= 15 is 0 Å². The SMILES string of the molecule is CC1(C)OCc2cc(C(C)(O)NC(=O)O)ccc2O1. The van der Waals surface area contributed by atoms with Gasteiger partial charge in [0.15, 0.2) is 5.72 Å². The third-order valence-corrected chi connectivity index (χ3v) is 2.90. The van der Waals surface area contributed by atoms with Gasteiger partial charge in [-0.2, -0.15) is 0 Å². The number of fused-ring (bicyclic) bond motifs is 1. The van der Waals surface area contributed by atoms with Crippen LogP contribution in [0.3, 0.4) is 0 Å². The molecule has 0 spiro atoms. The van der Waals surface area contributed by atoms with Crippen molar-refractivity contribution in [2.24, 2.45) is 0 Å². The molecule has 1 amide bonds. The predicted molar refractivity (Wildman–Crippen MR) is 66.7 cm³/mol. The second kappa shape index (κ2) is 4.40. The minimum absolute atomic E-state index is 0.347. The molecule has 0 saturated carbocycles. The van der Waals surface area contributed by atoms with Crippen LogP contribution in [-0.2, 0) is 17.1 Å². The normalized spacial score (nSPS) is 19.8. The zero-order chi connectivity index (χ0) is 14.3. The number of carboxylic acid groups (broad SMARTS) is 1. The summed E-state index contributed by atoms with van der Waals surface area (Å²) in [7, 11) is 0. The fraction of sp³-hybridized carbons (Fsp3) is 0.462. The lowest BCUT2D eigenvalue weighted by Crippen LogP contribution is -2.42. The van der Waals surface area contributed by atoms with Crippen molar-refractivity contribution in [1.82, 2.24) is 5.32 Å². The average Bonchev–Trinajstić information content (AvgIpc) is 2.25. The first-order valence-electron chi connectivity index (χ1n) is 5.89. The molecule has 0 fully saturated rings. The van der Waals surface area contributed by atoms with Crippen LogP contribution < -0.4 is 10.1 Å². The van der Waals surface area contributed by atoms with Crippen LogP contribution in [-0.4, -0.2) is 22.1 Å². The third-order valence-electron chi connectivity index (χ3n) is 2.90. The monoisotopic (exact) mass is 267 g/mol. The molecule has 6 nitrogen and oxygen atoms in total. The van der Waals surface area contributed by atoms with E-state index in [0.717, 1.165) is 5.56 Å². The second-order valence-corrected chi connectivity index (χ2v) is 5.12. The first-order valence-corrected chi connectivity index (χ1v) is 5.89. The summed E-state index contributed by atoms with van der Waals surface area (Å²) < 4.78 is 11.1. The Labute approximate surface area is 111 Å². The van der Waals surface area contributed by atoms with E-state index in [1.54, 1.807) is 18.2 Å². The van der Waals surface area contributed by atoms with Crippen molar-refractivity contribution in [3.63, 3.8) is 0 Å². The number of carbonyl (C=O) groups is 1. The van der Waals surface area contributed by atoms with Crippen LogP contribution in [0.5, 0.6) is 5.75 Å². The summed E-state index contributed by atoms with van der Waals surface area (Å²) >= 11 is 0. The Bertz CT molecular complexity index is 510. The number of hydrogen-bond donors (Lipinski definition) is 3. The lowest BCUT2D eigenvalue weighted by Gasteiger charge is -2.33. The summed E-state index contributed by atoms with van der Waals surface area (Å²) in [5.74, 6) is -0.0118. The first kappa shape index (κ1) is 13.6. The van der Waals surface area contributed by atoms with Crippen molar-refractivity contribution >= 4 is 6.09 Å². The van der Waals surface area contributed by atoms with Gasteiger partial charge in [0.1, 0.15) is 5.75 Å². The molecule has 1 aliphatic rings. The Morgan fingerprint density at radius 2 is 2.16 bits per heavy atom. The van der Waals surface area contributed by atoms with E-state index in [2.05, 4.69) is 0 Å². The number of aliphatic hydroxyl groups is 1. The van der Waals surface area contributed by atoms with E-state index in [9.17, 15) is 9.90 Å². The van der Waals surface area contributed by atoms with Gasteiger partial charge in [-0.15, -0.1) is 0 Å². The fourth-order valence-corrected chi connectivity index (χ4v) is 1.92.